The number of rotatable bonds is 12. The van der Waals surface area contributed by atoms with Gasteiger partial charge in [0.25, 0.3) is 0 Å². The van der Waals surface area contributed by atoms with Crippen molar-refractivity contribution in [2.75, 3.05) is 51.0 Å². The number of ether oxygens (including phenoxy) is 2. The van der Waals surface area contributed by atoms with Gasteiger partial charge in [0.15, 0.2) is 0 Å². The molecular formula is C36H64N3O4+. The molecule has 43 heavy (non-hydrogen) atoms. The molecule has 7 nitrogen and oxygen atoms in total. The Hall–Kier alpha value is -2.90. The number of nitrogens with zero attached hydrogens (tertiary/aromatic N) is 1. The Labute approximate surface area is 264 Å². The van der Waals surface area contributed by atoms with Crippen molar-refractivity contribution in [2.45, 2.75) is 102 Å². The maximum absolute atomic E-state index is 12.4. The van der Waals surface area contributed by atoms with E-state index in [0.29, 0.717) is 29.9 Å². The van der Waals surface area contributed by atoms with E-state index >= 15 is 0 Å². The average Bonchev–Trinajstić information content (AvgIpc) is 2.97. The van der Waals surface area contributed by atoms with E-state index in [2.05, 4.69) is 24.7 Å². The smallest absolute Gasteiger partial charge is 0.411 e. The highest BCUT2D eigenvalue weighted by atomic mass is 16.5. The summed E-state index contributed by atoms with van der Waals surface area (Å²) in [6, 6.07) is 15.6. The van der Waals surface area contributed by atoms with Crippen LogP contribution in [-0.2, 0) is 20.7 Å². The van der Waals surface area contributed by atoms with Crippen LogP contribution < -0.4 is 10.6 Å². The maximum Gasteiger partial charge on any atom is 0.411 e. The first-order chi connectivity index (χ1) is 20.2. The highest BCUT2D eigenvalue weighted by molar-refractivity contribution is 5.94. The number of hydrogen-bond acceptors (Lipinski definition) is 4. The molecule has 0 spiro atoms. The van der Waals surface area contributed by atoms with Crippen molar-refractivity contribution in [2.24, 2.45) is 5.41 Å². The maximum atomic E-state index is 12.4. The summed E-state index contributed by atoms with van der Waals surface area (Å²) in [5, 5.41) is 5.78. The SMILES string of the molecule is CC.CC.CC.CCC(C)(C)C(=O)Nc1ccc(Cc2ccc(NC(=O)OCC[N+](C)(C)CCOC(C)(C)C)cc2)cc1. The topological polar surface area (TPSA) is 76.7 Å². The van der Waals surface area contributed by atoms with E-state index in [1.807, 2.05) is 132 Å². The fourth-order valence-electron chi connectivity index (χ4n) is 3.36. The third kappa shape index (κ3) is 19.1. The molecule has 0 aliphatic heterocycles. The van der Waals surface area contributed by atoms with Gasteiger partial charge in [0, 0.05) is 16.8 Å². The average molecular weight is 603 g/mol. The zero-order chi connectivity index (χ0) is 33.7. The van der Waals surface area contributed by atoms with E-state index in [1.165, 1.54) is 0 Å². The zero-order valence-electron chi connectivity index (χ0n) is 29.9. The Kier molecular flexibility index (Phi) is 21.3. The zero-order valence-corrected chi connectivity index (χ0v) is 29.9. The first-order valence-corrected chi connectivity index (χ1v) is 16.1. The molecule has 0 unspecified atom stereocenters. The summed E-state index contributed by atoms with van der Waals surface area (Å²) >= 11 is 0. The largest absolute Gasteiger partial charge is 0.443 e. The van der Waals surface area contributed by atoms with Gasteiger partial charge in [-0.05, 0) is 69.0 Å². The van der Waals surface area contributed by atoms with Crippen molar-refractivity contribution < 1.29 is 23.5 Å². The first kappa shape index (κ1) is 42.2. The Balaban J connectivity index is 0. The molecule has 2 aromatic rings. The van der Waals surface area contributed by atoms with Gasteiger partial charge in [-0.1, -0.05) is 86.6 Å². The van der Waals surface area contributed by atoms with Crippen LogP contribution in [0.5, 0.6) is 0 Å². The van der Waals surface area contributed by atoms with Gasteiger partial charge in [-0.2, -0.15) is 0 Å². The van der Waals surface area contributed by atoms with Crippen LogP contribution in [0.15, 0.2) is 48.5 Å². The summed E-state index contributed by atoms with van der Waals surface area (Å²) in [4.78, 5) is 24.6. The van der Waals surface area contributed by atoms with E-state index < -0.39 is 11.5 Å². The summed E-state index contributed by atoms with van der Waals surface area (Å²) in [7, 11) is 4.20. The normalized spacial score (nSPS) is 10.9. The van der Waals surface area contributed by atoms with E-state index in [-0.39, 0.29) is 11.5 Å². The van der Waals surface area contributed by atoms with Gasteiger partial charge in [-0.25, -0.2) is 4.79 Å². The Morgan fingerprint density at radius 3 is 1.53 bits per heavy atom. The van der Waals surface area contributed by atoms with Gasteiger partial charge in [0.1, 0.15) is 19.7 Å². The van der Waals surface area contributed by atoms with Crippen LogP contribution in [0.2, 0.25) is 0 Å². The van der Waals surface area contributed by atoms with Gasteiger partial charge in [-0.15, -0.1) is 0 Å². The van der Waals surface area contributed by atoms with Crippen LogP contribution in [0.4, 0.5) is 16.2 Å². The van der Waals surface area contributed by atoms with Gasteiger partial charge >= 0.3 is 6.09 Å². The predicted octanol–water partition coefficient (Wildman–Crippen LogP) is 9.17. The monoisotopic (exact) mass is 602 g/mol. The number of carbonyl (C=O) groups is 2. The number of carbonyl (C=O) groups excluding carboxylic acids is 2. The summed E-state index contributed by atoms with van der Waals surface area (Å²) in [6.07, 6.45) is 1.08. The van der Waals surface area contributed by atoms with Crippen molar-refractivity contribution in [1.82, 2.24) is 0 Å². The van der Waals surface area contributed by atoms with Crippen LogP contribution in [0.25, 0.3) is 0 Å². The van der Waals surface area contributed by atoms with Crippen molar-refractivity contribution in [3.63, 3.8) is 0 Å². The lowest BCUT2D eigenvalue weighted by Gasteiger charge is -2.31. The lowest BCUT2D eigenvalue weighted by Crippen LogP contribution is -2.45. The third-order valence-corrected chi connectivity index (χ3v) is 6.48. The molecule has 0 saturated heterocycles. The molecular weight excluding hydrogens is 538 g/mol. The van der Waals surface area contributed by atoms with Gasteiger partial charge in [0.05, 0.1) is 26.3 Å². The number of amides is 2. The second-order valence-electron chi connectivity index (χ2n) is 11.9. The van der Waals surface area contributed by atoms with E-state index in [9.17, 15) is 9.59 Å². The molecule has 0 radical (unpaired) electrons. The van der Waals surface area contributed by atoms with Crippen LogP contribution in [-0.4, -0.2) is 62.5 Å². The van der Waals surface area contributed by atoms with Crippen LogP contribution >= 0.6 is 0 Å². The highest BCUT2D eigenvalue weighted by Crippen LogP contribution is 2.23. The molecule has 0 saturated carbocycles. The summed E-state index contributed by atoms with van der Waals surface area (Å²) in [6.45, 7) is 26.6. The fourth-order valence-corrected chi connectivity index (χ4v) is 3.36. The van der Waals surface area contributed by atoms with Crippen LogP contribution in [0, 0.1) is 5.41 Å². The molecule has 0 aliphatic carbocycles. The number of quaternary nitrogens is 1. The van der Waals surface area contributed by atoms with Crippen molar-refractivity contribution in [1.29, 1.82) is 0 Å². The molecule has 2 aromatic carbocycles. The second kappa shape index (κ2) is 21.7. The lowest BCUT2D eigenvalue weighted by atomic mass is 9.89. The number of anilines is 2. The molecule has 2 rings (SSSR count). The lowest BCUT2D eigenvalue weighted by molar-refractivity contribution is -0.891. The summed E-state index contributed by atoms with van der Waals surface area (Å²) in [5.74, 6) is 0.0258. The minimum absolute atomic E-state index is 0.0258. The standard InChI is InChI=1S/C30H45N3O4.3C2H6/c1-9-30(5,6)27(34)31-25-14-10-23(11-15-25)22-24-12-16-26(17-13-24)32-28(35)36-20-18-33(7,8)19-21-37-29(2,3)4;3*1-2/h10-17H,9,18-22H2,1-8H3,(H-,31,32,34,35);3*1-2H3/p+1. The molecule has 0 bridgehead atoms. The summed E-state index contributed by atoms with van der Waals surface area (Å²) < 4.78 is 11.9. The Morgan fingerprint density at radius 1 is 0.698 bits per heavy atom. The summed E-state index contributed by atoms with van der Waals surface area (Å²) in [5.41, 5.74) is 3.21. The Morgan fingerprint density at radius 2 is 1.12 bits per heavy atom. The molecule has 0 atom stereocenters. The molecule has 2 N–H and O–H groups in total. The van der Waals surface area contributed by atoms with Crippen molar-refractivity contribution in [3.05, 3.63) is 59.7 Å². The van der Waals surface area contributed by atoms with Gasteiger partial charge in [-0.3, -0.25) is 10.1 Å². The van der Waals surface area contributed by atoms with E-state index in [1.54, 1.807) is 0 Å². The second-order valence-corrected chi connectivity index (χ2v) is 11.9. The molecule has 246 valence electrons. The number of hydrogen-bond donors (Lipinski definition) is 2. The first-order valence-electron chi connectivity index (χ1n) is 16.1. The van der Waals surface area contributed by atoms with Gasteiger partial charge in [0.2, 0.25) is 5.91 Å². The van der Waals surface area contributed by atoms with E-state index in [0.717, 1.165) is 36.2 Å². The molecule has 0 fully saturated rings. The number of nitrogens with one attached hydrogen (secondary N) is 2. The molecule has 7 heteroatoms. The van der Waals surface area contributed by atoms with Crippen LogP contribution in [0.3, 0.4) is 0 Å². The molecule has 0 aromatic heterocycles. The number of likely N-dealkylation sites (N-methyl/N-ethyl adjacent to an activating group) is 1. The minimum atomic E-state index is -0.456. The van der Waals surface area contributed by atoms with Crippen molar-refractivity contribution in [3.8, 4) is 0 Å². The van der Waals surface area contributed by atoms with E-state index in [4.69, 9.17) is 9.47 Å². The quantitative estimate of drug-likeness (QED) is 0.238. The fraction of sp³-hybridized carbons (Fsp3) is 0.611. The van der Waals surface area contributed by atoms with Crippen LogP contribution in [0.1, 0.15) is 101 Å². The van der Waals surface area contributed by atoms with Crippen molar-refractivity contribution >= 4 is 23.4 Å². The molecule has 0 aliphatic rings. The molecule has 2 amide bonds. The predicted molar refractivity (Wildman–Crippen MR) is 185 cm³/mol. The minimum Gasteiger partial charge on any atom is -0.443 e. The molecule has 0 heterocycles. The Bertz CT molecular complexity index is 1010. The third-order valence-electron chi connectivity index (χ3n) is 6.48. The highest BCUT2D eigenvalue weighted by Gasteiger charge is 2.25. The van der Waals surface area contributed by atoms with Gasteiger partial charge < -0.3 is 19.3 Å². The number of benzene rings is 2.